The summed E-state index contributed by atoms with van der Waals surface area (Å²) >= 11 is 1.21. The van der Waals surface area contributed by atoms with E-state index in [0.29, 0.717) is 22.4 Å². The molecule has 7 nitrogen and oxygen atoms in total. The molecule has 0 unspecified atom stereocenters. The number of benzene rings is 3. The number of ether oxygens (including phenoxy) is 2. The highest BCUT2D eigenvalue weighted by atomic mass is 32.2. The van der Waals surface area contributed by atoms with Crippen molar-refractivity contribution in [3.8, 4) is 11.5 Å². The summed E-state index contributed by atoms with van der Waals surface area (Å²) in [5.41, 5.74) is 3.55. The van der Waals surface area contributed by atoms with Crippen molar-refractivity contribution in [2.24, 2.45) is 4.99 Å². The van der Waals surface area contributed by atoms with Gasteiger partial charge in [0.1, 0.15) is 5.70 Å². The SMILES string of the molecule is Cc1ccc(N2C(=O)/C(=C/c3ccc4c(c3)OCO4)N=C2SCC(=O)Nc2ccccc2)cc1. The van der Waals surface area contributed by atoms with E-state index < -0.39 is 0 Å². The third kappa shape index (κ3) is 4.67. The number of hydrogen-bond donors (Lipinski definition) is 1. The average Bonchev–Trinajstić information content (AvgIpc) is 3.43. The lowest BCUT2D eigenvalue weighted by Gasteiger charge is -2.18. The molecule has 0 bridgehead atoms. The summed E-state index contributed by atoms with van der Waals surface area (Å²) < 4.78 is 10.8. The van der Waals surface area contributed by atoms with Crippen LogP contribution >= 0.6 is 11.8 Å². The Balaban J connectivity index is 1.40. The van der Waals surface area contributed by atoms with Gasteiger partial charge in [-0.1, -0.05) is 53.7 Å². The van der Waals surface area contributed by atoms with Gasteiger partial charge in [0.05, 0.1) is 11.4 Å². The minimum atomic E-state index is -0.257. The standard InChI is InChI=1S/C26H21N3O4S/c1-17-7-10-20(11-8-17)29-25(31)21(13-18-9-12-22-23(14-18)33-16-32-22)28-26(29)34-15-24(30)27-19-5-3-2-4-6-19/h2-14H,15-16H2,1H3,(H,27,30)/b21-13-. The monoisotopic (exact) mass is 471 g/mol. The molecule has 2 amide bonds. The number of carbonyl (C=O) groups excluding carboxylic acids is 2. The van der Waals surface area contributed by atoms with E-state index in [4.69, 9.17) is 9.47 Å². The fraction of sp³-hybridized carbons (Fsp3) is 0.115. The highest BCUT2D eigenvalue weighted by molar-refractivity contribution is 8.14. The molecule has 5 rings (SSSR count). The second-order valence-electron chi connectivity index (χ2n) is 7.72. The molecular formula is C26H21N3O4S. The molecule has 0 saturated carbocycles. The third-order valence-electron chi connectivity index (χ3n) is 5.21. The second-order valence-corrected chi connectivity index (χ2v) is 8.66. The van der Waals surface area contributed by atoms with Crippen molar-refractivity contribution in [1.82, 2.24) is 0 Å². The smallest absolute Gasteiger partial charge is 0.283 e. The summed E-state index contributed by atoms with van der Waals surface area (Å²) in [5.74, 6) is 0.980. The highest BCUT2D eigenvalue weighted by Crippen LogP contribution is 2.34. The van der Waals surface area contributed by atoms with Gasteiger partial charge in [-0.15, -0.1) is 0 Å². The number of anilines is 2. The second kappa shape index (κ2) is 9.44. The average molecular weight is 472 g/mol. The van der Waals surface area contributed by atoms with Crippen molar-refractivity contribution < 1.29 is 19.1 Å². The van der Waals surface area contributed by atoms with Crippen LogP contribution in [-0.4, -0.2) is 29.5 Å². The highest BCUT2D eigenvalue weighted by Gasteiger charge is 2.32. The van der Waals surface area contributed by atoms with E-state index in [9.17, 15) is 9.59 Å². The Morgan fingerprint density at radius 1 is 1.06 bits per heavy atom. The molecule has 0 radical (unpaired) electrons. The predicted molar refractivity (Wildman–Crippen MR) is 134 cm³/mol. The van der Waals surface area contributed by atoms with Crippen molar-refractivity contribution >= 4 is 46.2 Å². The van der Waals surface area contributed by atoms with Crippen molar-refractivity contribution in [1.29, 1.82) is 0 Å². The van der Waals surface area contributed by atoms with E-state index in [1.165, 1.54) is 11.8 Å². The van der Waals surface area contributed by atoms with Crippen molar-refractivity contribution in [3.63, 3.8) is 0 Å². The molecule has 0 spiro atoms. The van der Waals surface area contributed by atoms with Gasteiger partial charge < -0.3 is 14.8 Å². The number of amidine groups is 1. The fourth-order valence-electron chi connectivity index (χ4n) is 3.52. The number of aliphatic imine (C=N–C) groups is 1. The number of thioether (sulfide) groups is 1. The fourth-order valence-corrected chi connectivity index (χ4v) is 4.34. The van der Waals surface area contributed by atoms with Gasteiger partial charge in [-0.05, 0) is 55.0 Å². The first-order valence-corrected chi connectivity index (χ1v) is 11.6. The van der Waals surface area contributed by atoms with Gasteiger partial charge in [0.2, 0.25) is 12.7 Å². The predicted octanol–water partition coefficient (Wildman–Crippen LogP) is 4.84. The summed E-state index contributed by atoms with van der Waals surface area (Å²) in [6.07, 6.45) is 1.71. The van der Waals surface area contributed by atoms with Crippen molar-refractivity contribution in [3.05, 3.63) is 89.6 Å². The molecular weight excluding hydrogens is 450 g/mol. The molecule has 0 fully saturated rings. The zero-order valence-corrected chi connectivity index (χ0v) is 19.2. The Labute approximate surface area is 201 Å². The summed E-state index contributed by atoms with van der Waals surface area (Å²) in [7, 11) is 0. The van der Waals surface area contributed by atoms with Crippen LogP contribution in [0.15, 0.2) is 83.5 Å². The molecule has 3 aromatic carbocycles. The van der Waals surface area contributed by atoms with E-state index in [1.54, 1.807) is 17.0 Å². The normalized spacial score (nSPS) is 15.6. The molecule has 2 aliphatic rings. The number of nitrogens with zero attached hydrogens (tertiary/aromatic N) is 2. The molecule has 1 N–H and O–H groups in total. The number of aryl methyl sites for hydroxylation is 1. The van der Waals surface area contributed by atoms with E-state index in [2.05, 4.69) is 10.3 Å². The Kier molecular flexibility index (Phi) is 6.05. The Bertz CT molecular complexity index is 1300. The van der Waals surface area contributed by atoms with Crippen molar-refractivity contribution in [2.75, 3.05) is 22.8 Å². The van der Waals surface area contributed by atoms with E-state index in [-0.39, 0.29) is 30.1 Å². The van der Waals surface area contributed by atoms with Gasteiger partial charge >= 0.3 is 0 Å². The van der Waals surface area contributed by atoms with Gasteiger partial charge in [0, 0.05) is 5.69 Å². The first-order valence-electron chi connectivity index (χ1n) is 10.7. The Morgan fingerprint density at radius 3 is 2.62 bits per heavy atom. The quantitative estimate of drug-likeness (QED) is 0.539. The van der Waals surface area contributed by atoms with Crippen LogP contribution in [0.3, 0.4) is 0 Å². The lowest BCUT2D eigenvalue weighted by molar-refractivity contribution is -0.114. The largest absolute Gasteiger partial charge is 0.454 e. The molecule has 2 heterocycles. The van der Waals surface area contributed by atoms with Crippen molar-refractivity contribution in [2.45, 2.75) is 6.92 Å². The zero-order chi connectivity index (χ0) is 23.5. The Morgan fingerprint density at radius 2 is 1.82 bits per heavy atom. The molecule has 170 valence electrons. The molecule has 0 aromatic heterocycles. The van der Waals surface area contributed by atoms with Gasteiger partial charge in [0.25, 0.3) is 5.91 Å². The molecule has 0 atom stereocenters. The molecule has 2 aliphatic heterocycles. The summed E-state index contributed by atoms with van der Waals surface area (Å²) in [5, 5.41) is 3.30. The maximum Gasteiger partial charge on any atom is 0.283 e. The van der Waals surface area contributed by atoms with Crippen LogP contribution in [-0.2, 0) is 9.59 Å². The maximum atomic E-state index is 13.3. The molecule has 0 aliphatic carbocycles. The number of carbonyl (C=O) groups is 2. The lowest BCUT2D eigenvalue weighted by Crippen LogP contribution is -2.31. The first-order chi connectivity index (χ1) is 16.6. The third-order valence-corrected chi connectivity index (χ3v) is 6.15. The Hall–Kier alpha value is -4.04. The van der Waals surface area contributed by atoms with Gasteiger partial charge in [0.15, 0.2) is 16.7 Å². The van der Waals surface area contributed by atoms with E-state index >= 15 is 0 Å². The maximum absolute atomic E-state index is 13.3. The van der Waals surface area contributed by atoms with Gasteiger partial charge in [-0.25, -0.2) is 4.99 Å². The van der Waals surface area contributed by atoms with Crippen LogP contribution in [0.4, 0.5) is 11.4 Å². The minimum absolute atomic E-state index is 0.112. The number of amides is 2. The minimum Gasteiger partial charge on any atom is -0.454 e. The molecule has 0 saturated heterocycles. The van der Waals surface area contributed by atoms with E-state index in [0.717, 1.165) is 16.8 Å². The van der Waals surface area contributed by atoms with Gasteiger partial charge in [-0.3, -0.25) is 14.5 Å². The van der Waals surface area contributed by atoms with Crippen LogP contribution < -0.4 is 19.7 Å². The number of hydrogen-bond acceptors (Lipinski definition) is 6. The number of rotatable bonds is 5. The number of fused-ring (bicyclic) bond motifs is 1. The van der Waals surface area contributed by atoms with Crippen LogP contribution in [0.1, 0.15) is 11.1 Å². The number of nitrogens with one attached hydrogen (secondary N) is 1. The number of para-hydroxylation sites is 1. The summed E-state index contributed by atoms with van der Waals surface area (Å²) in [4.78, 5) is 32.0. The molecule has 34 heavy (non-hydrogen) atoms. The molecule has 3 aromatic rings. The lowest BCUT2D eigenvalue weighted by atomic mass is 10.1. The topological polar surface area (TPSA) is 80.2 Å². The summed E-state index contributed by atoms with van der Waals surface area (Å²) in [6.45, 7) is 2.16. The van der Waals surface area contributed by atoms with Crippen LogP contribution in [0, 0.1) is 6.92 Å². The van der Waals surface area contributed by atoms with E-state index in [1.807, 2.05) is 73.7 Å². The van der Waals surface area contributed by atoms with Crippen LogP contribution in [0.5, 0.6) is 11.5 Å². The van der Waals surface area contributed by atoms with Crippen LogP contribution in [0.25, 0.3) is 6.08 Å². The van der Waals surface area contributed by atoms with Gasteiger partial charge in [-0.2, -0.15) is 0 Å². The first kappa shape index (κ1) is 21.8. The zero-order valence-electron chi connectivity index (χ0n) is 18.4. The van der Waals surface area contributed by atoms with Crippen LogP contribution in [0.2, 0.25) is 0 Å². The molecule has 8 heteroatoms. The summed E-state index contributed by atoms with van der Waals surface area (Å²) in [6, 6.07) is 22.3.